The van der Waals surface area contributed by atoms with Crippen LogP contribution in [0.4, 0.5) is 0 Å². The van der Waals surface area contributed by atoms with Crippen molar-refractivity contribution in [3.05, 3.63) is 57.8 Å². The molecule has 94 valence electrons. The average molecular weight is 260 g/mol. The third kappa shape index (κ3) is 3.20. The summed E-state index contributed by atoms with van der Waals surface area (Å²) in [5, 5.41) is 11.4. The number of rotatable bonds is 5. The fraction of sp³-hybridized carbons (Fsp3) is 0.267. The average Bonchev–Trinajstić information content (AvgIpc) is 2.84. The molecule has 0 aliphatic carbocycles. The molecule has 0 fully saturated rings. The van der Waals surface area contributed by atoms with Gasteiger partial charge in [-0.05, 0) is 36.8 Å². The van der Waals surface area contributed by atoms with E-state index in [-0.39, 0.29) is 0 Å². The first kappa shape index (κ1) is 12.8. The monoisotopic (exact) mass is 260 g/mol. The van der Waals surface area contributed by atoms with Gasteiger partial charge in [0, 0.05) is 4.88 Å². The fourth-order valence-electron chi connectivity index (χ4n) is 1.97. The summed E-state index contributed by atoms with van der Waals surface area (Å²) in [5.41, 5.74) is 2.05. The Bertz CT molecular complexity index is 500. The van der Waals surface area contributed by atoms with Gasteiger partial charge in [-0.3, -0.25) is 4.79 Å². The third-order valence-electron chi connectivity index (χ3n) is 3.04. The van der Waals surface area contributed by atoms with Crippen molar-refractivity contribution in [2.45, 2.75) is 25.7 Å². The molecule has 2 nitrogen and oxygen atoms in total. The van der Waals surface area contributed by atoms with Crippen LogP contribution in [0.25, 0.3) is 0 Å². The summed E-state index contributed by atoms with van der Waals surface area (Å²) >= 11 is 1.68. The fourth-order valence-corrected chi connectivity index (χ4v) is 2.70. The van der Waals surface area contributed by atoms with Crippen molar-refractivity contribution in [2.75, 3.05) is 0 Å². The zero-order valence-corrected chi connectivity index (χ0v) is 11.1. The molecule has 0 bridgehead atoms. The summed E-state index contributed by atoms with van der Waals surface area (Å²) < 4.78 is 0. The van der Waals surface area contributed by atoms with Crippen LogP contribution in [0, 0.1) is 6.92 Å². The minimum Gasteiger partial charge on any atom is -0.481 e. The molecule has 1 N–H and O–H groups in total. The topological polar surface area (TPSA) is 37.3 Å². The van der Waals surface area contributed by atoms with Crippen LogP contribution in [0.2, 0.25) is 0 Å². The van der Waals surface area contributed by atoms with E-state index >= 15 is 0 Å². The van der Waals surface area contributed by atoms with Crippen molar-refractivity contribution in [2.24, 2.45) is 0 Å². The number of carboxylic acid groups (broad SMARTS) is 1. The normalized spacial score (nSPS) is 12.3. The Balaban J connectivity index is 2.08. The molecule has 3 heteroatoms. The summed E-state index contributed by atoms with van der Waals surface area (Å²) in [6.07, 6.45) is 1.47. The van der Waals surface area contributed by atoms with E-state index in [1.807, 2.05) is 42.6 Å². The van der Waals surface area contributed by atoms with Gasteiger partial charge >= 0.3 is 5.97 Å². The van der Waals surface area contributed by atoms with Gasteiger partial charge in [-0.15, -0.1) is 11.3 Å². The summed E-state index contributed by atoms with van der Waals surface area (Å²) in [5.74, 6) is -1.15. The molecule has 1 unspecified atom stereocenters. The van der Waals surface area contributed by atoms with Gasteiger partial charge in [-0.2, -0.15) is 0 Å². The smallest absolute Gasteiger partial charge is 0.310 e. The lowest BCUT2D eigenvalue weighted by Gasteiger charge is -2.12. The van der Waals surface area contributed by atoms with Crippen LogP contribution >= 0.6 is 11.3 Å². The van der Waals surface area contributed by atoms with Gasteiger partial charge in [0.05, 0.1) is 5.92 Å². The highest BCUT2D eigenvalue weighted by molar-refractivity contribution is 7.09. The Morgan fingerprint density at radius 2 is 2.00 bits per heavy atom. The van der Waals surface area contributed by atoms with Crippen molar-refractivity contribution in [3.8, 4) is 0 Å². The highest BCUT2D eigenvalue weighted by atomic mass is 32.1. The van der Waals surface area contributed by atoms with Crippen molar-refractivity contribution in [3.63, 3.8) is 0 Å². The number of hydrogen-bond acceptors (Lipinski definition) is 2. The first-order valence-electron chi connectivity index (χ1n) is 5.98. The van der Waals surface area contributed by atoms with Crippen molar-refractivity contribution in [1.82, 2.24) is 0 Å². The molecule has 0 aliphatic rings. The van der Waals surface area contributed by atoms with E-state index in [9.17, 15) is 9.90 Å². The van der Waals surface area contributed by atoms with E-state index in [4.69, 9.17) is 0 Å². The molecule has 0 amide bonds. The second-order valence-corrected chi connectivity index (χ2v) is 5.45. The summed E-state index contributed by atoms with van der Waals surface area (Å²) in [6.45, 7) is 2.01. The molecular formula is C15H16O2S. The molecule has 1 aromatic carbocycles. The highest BCUT2D eigenvalue weighted by Crippen LogP contribution is 2.24. The minimum absolute atomic E-state index is 0.410. The second-order valence-electron chi connectivity index (χ2n) is 4.42. The van der Waals surface area contributed by atoms with Crippen LogP contribution in [0.15, 0.2) is 41.8 Å². The van der Waals surface area contributed by atoms with Gasteiger partial charge in [-0.1, -0.05) is 35.9 Å². The van der Waals surface area contributed by atoms with E-state index < -0.39 is 11.9 Å². The van der Waals surface area contributed by atoms with Gasteiger partial charge in [0.2, 0.25) is 0 Å². The number of aliphatic carboxylic acids is 1. The van der Waals surface area contributed by atoms with E-state index in [1.165, 1.54) is 4.88 Å². The number of carboxylic acids is 1. The lowest BCUT2D eigenvalue weighted by Crippen LogP contribution is -2.12. The molecule has 0 aliphatic heterocycles. The molecule has 1 atom stereocenters. The van der Waals surface area contributed by atoms with E-state index in [0.29, 0.717) is 6.42 Å². The number of hydrogen-bond donors (Lipinski definition) is 1. The Morgan fingerprint density at radius 1 is 1.28 bits per heavy atom. The summed E-state index contributed by atoms with van der Waals surface area (Å²) in [4.78, 5) is 12.6. The highest BCUT2D eigenvalue weighted by Gasteiger charge is 2.19. The maximum absolute atomic E-state index is 11.3. The Labute approximate surface area is 111 Å². The molecule has 1 heterocycles. The van der Waals surface area contributed by atoms with Gasteiger partial charge in [0.15, 0.2) is 0 Å². The van der Waals surface area contributed by atoms with Crippen LogP contribution in [-0.4, -0.2) is 11.1 Å². The maximum atomic E-state index is 11.3. The van der Waals surface area contributed by atoms with Crippen molar-refractivity contribution < 1.29 is 9.90 Å². The van der Waals surface area contributed by atoms with Gasteiger partial charge in [0.1, 0.15) is 0 Å². The van der Waals surface area contributed by atoms with Crippen molar-refractivity contribution >= 4 is 17.3 Å². The Hall–Kier alpha value is -1.61. The van der Waals surface area contributed by atoms with Gasteiger partial charge < -0.3 is 5.11 Å². The molecule has 2 aromatic rings. The Kier molecular flexibility index (Phi) is 4.15. The van der Waals surface area contributed by atoms with Crippen LogP contribution in [-0.2, 0) is 11.2 Å². The second kappa shape index (κ2) is 5.83. The minimum atomic E-state index is -0.740. The number of thiophene rings is 1. The van der Waals surface area contributed by atoms with Gasteiger partial charge in [0.25, 0.3) is 0 Å². The lowest BCUT2D eigenvalue weighted by molar-refractivity contribution is -0.138. The molecule has 0 saturated carbocycles. The lowest BCUT2D eigenvalue weighted by atomic mass is 9.93. The Morgan fingerprint density at radius 3 is 2.56 bits per heavy atom. The quantitative estimate of drug-likeness (QED) is 0.886. The van der Waals surface area contributed by atoms with E-state index in [1.54, 1.807) is 11.3 Å². The molecule has 0 spiro atoms. The molecular weight excluding hydrogens is 244 g/mol. The van der Waals surface area contributed by atoms with Crippen LogP contribution < -0.4 is 0 Å². The molecule has 0 radical (unpaired) electrons. The first-order chi connectivity index (χ1) is 8.66. The predicted octanol–water partition coefficient (Wildman–Crippen LogP) is 3.86. The van der Waals surface area contributed by atoms with Crippen LogP contribution in [0.3, 0.4) is 0 Å². The van der Waals surface area contributed by atoms with E-state index in [0.717, 1.165) is 17.5 Å². The molecule has 2 rings (SSSR count). The molecule has 1 aromatic heterocycles. The van der Waals surface area contributed by atoms with E-state index in [2.05, 4.69) is 6.07 Å². The SMILES string of the molecule is Cc1ccc(C(CCc2cccs2)C(=O)O)cc1. The summed E-state index contributed by atoms with van der Waals surface area (Å²) in [7, 11) is 0. The largest absolute Gasteiger partial charge is 0.481 e. The maximum Gasteiger partial charge on any atom is 0.310 e. The van der Waals surface area contributed by atoms with Crippen LogP contribution in [0.1, 0.15) is 28.3 Å². The van der Waals surface area contributed by atoms with Gasteiger partial charge in [-0.25, -0.2) is 0 Å². The van der Waals surface area contributed by atoms with Crippen molar-refractivity contribution in [1.29, 1.82) is 0 Å². The third-order valence-corrected chi connectivity index (χ3v) is 3.97. The first-order valence-corrected chi connectivity index (χ1v) is 6.86. The zero-order valence-electron chi connectivity index (χ0n) is 10.3. The molecule has 18 heavy (non-hydrogen) atoms. The van der Waals surface area contributed by atoms with Crippen LogP contribution in [0.5, 0.6) is 0 Å². The summed E-state index contributed by atoms with van der Waals surface area (Å²) in [6, 6.07) is 11.8. The number of carbonyl (C=O) groups is 1. The number of aryl methyl sites for hydroxylation is 2. The molecule has 0 saturated heterocycles. The standard InChI is InChI=1S/C15H16O2S/c1-11-4-6-12(7-5-11)14(15(16)17)9-8-13-3-2-10-18-13/h2-7,10,14H,8-9H2,1H3,(H,16,17). The number of benzene rings is 1. The predicted molar refractivity (Wildman–Crippen MR) is 74.2 cm³/mol. The zero-order chi connectivity index (χ0) is 13.0.